The van der Waals surface area contributed by atoms with Gasteiger partial charge in [0.05, 0.1) is 5.92 Å². The minimum atomic E-state index is -0.0715. The molecule has 1 aromatic carbocycles. The van der Waals surface area contributed by atoms with Crippen molar-refractivity contribution in [1.29, 1.82) is 0 Å². The van der Waals surface area contributed by atoms with Crippen LogP contribution in [0.1, 0.15) is 31.7 Å². The van der Waals surface area contributed by atoms with E-state index in [9.17, 15) is 4.79 Å². The van der Waals surface area contributed by atoms with Crippen molar-refractivity contribution in [2.75, 3.05) is 19.6 Å². The third-order valence-corrected chi connectivity index (χ3v) is 4.25. The highest BCUT2D eigenvalue weighted by Crippen LogP contribution is 2.23. The maximum Gasteiger partial charge on any atom is 0.227 e. The number of amides is 1. The maximum absolute atomic E-state index is 12.6. The second-order valence-corrected chi connectivity index (χ2v) is 5.85. The number of likely N-dealkylation sites (tertiary alicyclic amines) is 1. The SMILES string of the molecule is CCCC1CCN(C(=O)C(CN)Cc2ccccc2)C1. The molecule has 1 amide bonds. The van der Waals surface area contributed by atoms with E-state index < -0.39 is 0 Å². The zero-order chi connectivity index (χ0) is 14.4. The molecule has 0 aliphatic carbocycles. The average Bonchev–Trinajstić information content (AvgIpc) is 2.94. The van der Waals surface area contributed by atoms with Gasteiger partial charge in [-0.3, -0.25) is 4.79 Å². The number of nitrogens with two attached hydrogens (primary N) is 1. The summed E-state index contributed by atoms with van der Waals surface area (Å²) < 4.78 is 0. The topological polar surface area (TPSA) is 46.3 Å². The Balaban J connectivity index is 1.92. The molecule has 1 aromatic rings. The molecule has 1 aliphatic heterocycles. The molecule has 2 atom stereocenters. The summed E-state index contributed by atoms with van der Waals surface area (Å²) in [7, 11) is 0. The van der Waals surface area contributed by atoms with Crippen molar-refractivity contribution in [3.8, 4) is 0 Å². The number of carbonyl (C=O) groups excluding carboxylic acids is 1. The van der Waals surface area contributed by atoms with Gasteiger partial charge in [0.15, 0.2) is 0 Å². The molecule has 2 unspecified atom stereocenters. The van der Waals surface area contributed by atoms with Crippen LogP contribution in [0.3, 0.4) is 0 Å². The van der Waals surface area contributed by atoms with Gasteiger partial charge in [-0.25, -0.2) is 0 Å². The molecule has 0 spiro atoms. The lowest BCUT2D eigenvalue weighted by Gasteiger charge is -2.23. The predicted octanol–water partition coefficient (Wildman–Crippen LogP) is 2.45. The van der Waals surface area contributed by atoms with Crippen molar-refractivity contribution in [2.45, 2.75) is 32.6 Å². The Labute approximate surface area is 122 Å². The van der Waals surface area contributed by atoms with Gasteiger partial charge in [0, 0.05) is 19.6 Å². The van der Waals surface area contributed by atoms with Crippen molar-refractivity contribution in [3.05, 3.63) is 35.9 Å². The molecule has 0 radical (unpaired) electrons. The van der Waals surface area contributed by atoms with E-state index in [1.54, 1.807) is 0 Å². The molecule has 1 heterocycles. The highest BCUT2D eigenvalue weighted by Gasteiger charge is 2.29. The number of benzene rings is 1. The molecular weight excluding hydrogens is 248 g/mol. The summed E-state index contributed by atoms with van der Waals surface area (Å²) in [5.74, 6) is 0.867. The predicted molar refractivity (Wildman–Crippen MR) is 82.3 cm³/mol. The maximum atomic E-state index is 12.6. The molecule has 1 aliphatic rings. The van der Waals surface area contributed by atoms with E-state index in [1.807, 2.05) is 23.1 Å². The monoisotopic (exact) mass is 274 g/mol. The first kappa shape index (κ1) is 15.0. The van der Waals surface area contributed by atoms with Crippen molar-refractivity contribution in [1.82, 2.24) is 4.90 Å². The summed E-state index contributed by atoms with van der Waals surface area (Å²) in [5.41, 5.74) is 7.03. The van der Waals surface area contributed by atoms with Gasteiger partial charge in [0.25, 0.3) is 0 Å². The van der Waals surface area contributed by atoms with Crippen LogP contribution in [-0.2, 0) is 11.2 Å². The van der Waals surface area contributed by atoms with E-state index in [-0.39, 0.29) is 11.8 Å². The van der Waals surface area contributed by atoms with Crippen LogP contribution in [0.25, 0.3) is 0 Å². The van der Waals surface area contributed by atoms with Crippen molar-refractivity contribution in [2.24, 2.45) is 17.6 Å². The quantitative estimate of drug-likeness (QED) is 0.866. The molecule has 20 heavy (non-hydrogen) atoms. The molecule has 0 bridgehead atoms. The average molecular weight is 274 g/mol. The van der Waals surface area contributed by atoms with Gasteiger partial charge in [0.1, 0.15) is 0 Å². The van der Waals surface area contributed by atoms with E-state index in [0.717, 1.165) is 25.9 Å². The fourth-order valence-corrected chi connectivity index (χ4v) is 3.10. The Bertz CT molecular complexity index is 418. The van der Waals surface area contributed by atoms with Crippen molar-refractivity contribution < 1.29 is 4.79 Å². The molecule has 1 saturated heterocycles. The van der Waals surface area contributed by atoms with Gasteiger partial charge in [-0.2, -0.15) is 0 Å². The first-order valence-corrected chi connectivity index (χ1v) is 7.77. The summed E-state index contributed by atoms with van der Waals surface area (Å²) in [5, 5.41) is 0. The lowest BCUT2D eigenvalue weighted by molar-refractivity contribution is -0.134. The van der Waals surface area contributed by atoms with Crippen LogP contribution in [0.2, 0.25) is 0 Å². The van der Waals surface area contributed by atoms with Crippen LogP contribution in [-0.4, -0.2) is 30.4 Å². The standard InChI is InChI=1S/C17H26N2O/c1-2-6-15-9-10-19(13-15)17(20)16(12-18)11-14-7-4-3-5-8-14/h3-5,7-8,15-16H,2,6,9-13,18H2,1H3. The first-order valence-electron chi connectivity index (χ1n) is 7.77. The molecular formula is C17H26N2O. The third-order valence-electron chi connectivity index (χ3n) is 4.25. The van der Waals surface area contributed by atoms with Gasteiger partial charge in [-0.15, -0.1) is 0 Å². The van der Waals surface area contributed by atoms with Gasteiger partial charge in [0.2, 0.25) is 5.91 Å². The van der Waals surface area contributed by atoms with Crippen LogP contribution in [0, 0.1) is 11.8 Å². The lowest BCUT2D eigenvalue weighted by atomic mass is 9.98. The lowest BCUT2D eigenvalue weighted by Crippen LogP contribution is -2.38. The molecule has 3 heteroatoms. The van der Waals surface area contributed by atoms with Crippen molar-refractivity contribution >= 4 is 5.91 Å². The molecule has 0 saturated carbocycles. The second kappa shape index (κ2) is 7.44. The van der Waals surface area contributed by atoms with Crippen LogP contribution in [0.15, 0.2) is 30.3 Å². The Morgan fingerprint density at radius 1 is 1.40 bits per heavy atom. The molecule has 2 rings (SSSR count). The fourth-order valence-electron chi connectivity index (χ4n) is 3.10. The van der Waals surface area contributed by atoms with Crippen LogP contribution >= 0.6 is 0 Å². The number of hydrogen-bond acceptors (Lipinski definition) is 2. The van der Waals surface area contributed by atoms with E-state index in [0.29, 0.717) is 12.5 Å². The molecule has 3 nitrogen and oxygen atoms in total. The third kappa shape index (κ3) is 3.83. The van der Waals surface area contributed by atoms with Crippen molar-refractivity contribution in [3.63, 3.8) is 0 Å². The molecule has 2 N–H and O–H groups in total. The second-order valence-electron chi connectivity index (χ2n) is 5.85. The number of hydrogen-bond donors (Lipinski definition) is 1. The van der Waals surface area contributed by atoms with Crippen LogP contribution < -0.4 is 5.73 Å². The minimum absolute atomic E-state index is 0.0715. The van der Waals surface area contributed by atoms with Gasteiger partial charge < -0.3 is 10.6 Å². The Morgan fingerprint density at radius 3 is 2.80 bits per heavy atom. The zero-order valence-electron chi connectivity index (χ0n) is 12.4. The summed E-state index contributed by atoms with van der Waals surface area (Å²) in [4.78, 5) is 14.6. The summed E-state index contributed by atoms with van der Waals surface area (Å²) >= 11 is 0. The fraction of sp³-hybridized carbons (Fsp3) is 0.588. The molecule has 0 aromatic heterocycles. The Hall–Kier alpha value is -1.35. The first-order chi connectivity index (χ1) is 9.74. The zero-order valence-corrected chi connectivity index (χ0v) is 12.4. The minimum Gasteiger partial charge on any atom is -0.342 e. The van der Waals surface area contributed by atoms with Gasteiger partial charge >= 0.3 is 0 Å². The highest BCUT2D eigenvalue weighted by atomic mass is 16.2. The van der Waals surface area contributed by atoms with Gasteiger partial charge in [-0.1, -0.05) is 43.7 Å². The smallest absolute Gasteiger partial charge is 0.227 e. The number of rotatable bonds is 6. The number of carbonyl (C=O) groups is 1. The van der Waals surface area contributed by atoms with E-state index in [1.165, 1.54) is 18.4 Å². The molecule has 1 fully saturated rings. The normalized spacial score (nSPS) is 20.1. The van der Waals surface area contributed by atoms with E-state index >= 15 is 0 Å². The van der Waals surface area contributed by atoms with E-state index in [4.69, 9.17) is 5.73 Å². The summed E-state index contributed by atoms with van der Waals surface area (Å²) in [6, 6.07) is 10.2. The summed E-state index contributed by atoms with van der Waals surface area (Å²) in [6.07, 6.45) is 4.35. The molecule has 110 valence electrons. The highest BCUT2D eigenvalue weighted by molar-refractivity contribution is 5.79. The van der Waals surface area contributed by atoms with Crippen LogP contribution in [0.4, 0.5) is 0 Å². The van der Waals surface area contributed by atoms with E-state index in [2.05, 4.69) is 19.1 Å². The Kier molecular flexibility index (Phi) is 5.60. The summed E-state index contributed by atoms with van der Waals surface area (Å²) in [6.45, 7) is 4.48. The largest absolute Gasteiger partial charge is 0.342 e. The van der Waals surface area contributed by atoms with Gasteiger partial charge in [-0.05, 0) is 30.7 Å². The Morgan fingerprint density at radius 2 is 2.15 bits per heavy atom. The van der Waals surface area contributed by atoms with Crippen LogP contribution in [0.5, 0.6) is 0 Å². The number of nitrogens with zero attached hydrogens (tertiary/aromatic N) is 1.